The third kappa shape index (κ3) is 5.38. The average molecular weight is 502 g/mol. The number of carbonyl (C=O) groups is 1. The zero-order chi connectivity index (χ0) is 19.3. The van der Waals surface area contributed by atoms with Crippen molar-refractivity contribution in [3.8, 4) is 0 Å². The number of hydrogen-bond donors (Lipinski definition) is 3. The number of hydrogen-bond acceptors (Lipinski definition) is 3. The molecule has 0 saturated carbocycles. The second-order valence-corrected chi connectivity index (χ2v) is 6.80. The Balaban J connectivity index is 0.00000240. The van der Waals surface area contributed by atoms with Crippen LogP contribution in [0.1, 0.15) is 33.7 Å². The first-order valence-electron chi connectivity index (χ1n) is 9.30. The van der Waals surface area contributed by atoms with Crippen LogP contribution in [0.2, 0.25) is 0 Å². The van der Waals surface area contributed by atoms with E-state index in [0.717, 1.165) is 24.1 Å². The van der Waals surface area contributed by atoms with E-state index in [9.17, 15) is 4.79 Å². The van der Waals surface area contributed by atoms with Gasteiger partial charge in [0.2, 0.25) is 0 Å². The molecule has 0 fully saturated rings. The number of aliphatic imine (C=N–C) groups is 1. The van der Waals surface area contributed by atoms with Gasteiger partial charge in [0.1, 0.15) is 0 Å². The Bertz CT molecular complexity index is 1020. The smallest absolute Gasteiger partial charge is 0.291 e. The highest BCUT2D eigenvalue weighted by Crippen LogP contribution is 2.24. The Morgan fingerprint density at radius 3 is 2.66 bits per heavy atom. The zero-order valence-electron chi connectivity index (χ0n) is 15.9. The van der Waals surface area contributed by atoms with E-state index in [0.29, 0.717) is 18.2 Å². The highest BCUT2D eigenvalue weighted by molar-refractivity contribution is 14.0. The van der Waals surface area contributed by atoms with Gasteiger partial charge in [-0.2, -0.15) is 0 Å². The summed E-state index contributed by atoms with van der Waals surface area (Å²) in [5.74, 6) is 0.345. The first-order chi connectivity index (χ1) is 13.7. The van der Waals surface area contributed by atoms with E-state index in [1.807, 2.05) is 30.3 Å². The number of benzene rings is 2. The molecule has 0 saturated heterocycles. The molecule has 4 rings (SSSR count). The second kappa shape index (κ2) is 9.60. The van der Waals surface area contributed by atoms with E-state index in [1.54, 1.807) is 12.1 Å². The van der Waals surface area contributed by atoms with Crippen LogP contribution in [0, 0.1) is 0 Å². The third-order valence-corrected chi connectivity index (χ3v) is 4.73. The van der Waals surface area contributed by atoms with Crippen LogP contribution in [0.4, 0.5) is 11.4 Å². The van der Waals surface area contributed by atoms with Gasteiger partial charge in [-0.1, -0.05) is 18.2 Å². The van der Waals surface area contributed by atoms with Crippen LogP contribution in [0.3, 0.4) is 0 Å². The maximum Gasteiger partial charge on any atom is 0.291 e. The molecule has 1 aliphatic rings. The Hall–Kier alpha value is -2.81. The minimum atomic E-state index is -0.288. The van der Waals surface area contributed by atoms with Crippen molar-refractivity contribution in [1.29, 1.82) is 0 Å². The van der Waals surface area contributed by atoms with Crippen LogP contribution in [-0.4, -0.2) is 11.9 Å². The number of aryl methyl sites for hydroxylation is 2. The predicted octanol–water partition coefficient (Wildman–Crippen LogP) is 4.57. The zero-order valence-corrected chi connectivity index (χ0v) is 18.2. The number of nitrogens with one attached hydrogen (secondary N) is 2. The normalized spacial score (nSPS) is 12.8. The highest BCUT2D eigenvalue weighted by Gasteiger charge is 2.11. The molecule has 1 amide bonds. The summed E-state index contributed by atoms with van der Waals surface area (Å²) < 4.78 is 5.10. The minimum absolute atomic E-state index is 0. The van der Waals surface area contributed by atoms with Gasteiger partial charge in [-0.25, -0.2) is 4.99 Å². The van der Waals surface area contributed by atoms with Gasteiger partial charge >= 0.3 is 0 Å². The third-order valence-electron chi connectivity index (χ3n) is 4.73. The number of rotatable bonds is 5. The summed E-state index contributed by atoms with van der Waals surface area (Å²) >= 11 is 0. The number of guanidine groups is 1. The number of amides is 1. The molecule has 1 aliphatic carbocycles. The molecule has 0 radical (unpaired) electrons. The summed E-state index contributed by atoms with van der Waals surface area (Å²) in [6.07, 6.45) is 4.97. The molecule has 0 spiro atoms. The van der Waals surface area contributed by atoms with Crippen LogP contribution in [-0.2, 0) is 19.4 Å². The number of carbonyl (C=O) groups excluding carboxylic acids is 1. The molecule has 2 aromatic carbocycles. The molecule has 3 aromatic rings. The lowest BCUT2D eigenvalue weighted by molar-refractivity contribution is 0.0996. The van der Waals surface area contributed by atoms with E-state index >= 15 is 0 Å². The van der Waals surface area contributed by atoms with Gasteiger partial charge in [0.05, 0.1) is 12.8 Å². The molecule has 0 aliphatic heterocycles. The molecule has 0 bridgehead atoms. The molecule has 150 valence electrons. The number of nitrogens with zero attached hydrogens (tertiary/aromatic N) is 1. The fourth-order valence-electron chi connectivity index (χ4n) is 3.36. The van der Waals surface area contributed by atoms with Gasteiger partial charge in [-0.05, 0) is 72.4 Å². The van der Waals surface area contributed by atoms with E-state index in [2.05, 4.69) is 27.8 Å². The molecule has 1 aromatic heterocycles. The largest absolute Gasteiger partial charge is 0.459 e. The quantitative estimate of drug-likeness (QED) is 0.271. The van der Waals surface area contributed by atoms with Gasteiger partial charge in [0.15, 0.2) is 11.7 Å². The first-order valence-corrected chi connectivity index (χ1v) is 9.30. The molecule has 4 N–H and O–H groups in total. The van der Waals surface area contributed by atoms with Crippen molar-refractivity contribution in [2.45, 2.75) is 25.8 Å². The lowest BCUT2D eigenvalue weighted by Gasteiger charge is -2.08. The summed E-state index contributed by atoms with van der Waals surface area (Å²) in [5.41, 5.74) is 11.4. The van der Waals surface area contributed by atoms with E-state index in [4.69, 9.17) is 10.2 Å². The molecular weight excluding hydrogens is 479 g/mol. The number of furan rings is 1. The Labute approximate surface area is 186 Å². The minimum Gasteiger partial charge on any atom is -0.459 e. The van der Waals surface area contributed by atoms with Crippen LogP contribution in [0.5, 0.6) is 0 Å². The fraction of sp³-hybridized carbons (Fsp3) is 0.182. The molecule has 7 heteroatoms. The molecule has 0 unspecified atom stereocenters. The fourth-order valence-corrected chi connectivity index (χ4v) is 3.36. The van der Waals surface area contributed by atoms with E-state index in [-0.39, 0.29) is 35.6 Å². The monoisotopic (exact) mass is 502 g/mol. The standard InChI is InChI=1S/C22H22N4O2.HI/c23-22(26-19-10-9-16-5-2-6-17(16)13-19)24-14-15-4-1-7-18(12-15)25-21(27)20-8-3-11-28-20;/h1,3-4,7-13H,2,5-6,14H2,(H,25,27)(H3,23,24,26);1H. The maximum absolute atomic E-state index is 12.1. The lowest BCUT2D eigenvalue weighted by Crippen LogP contribution is -2.22. The summed E-state index contributed by atoms with van der Waals surface area (Å²) in [7, 11) is 0. The van der Waals surface area contributed by atoms with Gasteiger partial charge < -0.3 is 20.8 Å². The number of nitrogens with two attached hydrogens (primary N) is 1. The van der Waals surface area contributed by atoms with Crippen molar-refractivity contribution in [3.63, 3.8) is 0 Å². The molecular formula is C22H23IN4O2. The Morgan fingerprint density at radius 1 is 1.00 bits per heavy atom. The van der Waals surface area contributed by atoms with Crippen LogP contribution in [0.15, 0.2) is 70.3 Å². The Morgan fingerprint density at radius 2 is 1.83 bits per heavy atom. The number of anilines is 2. The second-order valence-electron chi connectivity index (χ2n) is 6.80. The van der Waals surface area contributed by atoms with Crippen LogP contribution >= 0.6 is 24.0 Å². The summed E-state index contributed by atoms with van der Waals surface area (Å²) in [6, 6.07) is 17.1. The topological polar surface area (TPSA) is 92.6 Å². The van der Waals surface area contributed by atoms with Crippen molar-refractivity contribution in [1.82, 2.24) is 0 Å². The van der Waals surface area contributed by atoms with Crippen molar-refractivity contribution < 1.29 is 9.21 Å². The van der Waals surface area contributed by atoms with Crippen molar-refractivity contribution in [2.75, 3.05) is 10.6 Å². The summed E-state index contributed by atoms with van der Waals surface area (Å²) in [5, 5.41) is 5.96. The number of fused-ring (bicyclic) bond motifs is 1. The molecule has 0 atom stereocenters. The lowest BCUT2D eigenvalue weighted by atomic mass is 10.1. The number of halogens is 1. The van der Waals surface area contributed by atoms with Crippen LogP contribution in [0.25, 0.3) is 0 Å². The van der Waals surface area contributed by atoms with Gasteiger partial charge in [0.25, 0.3) is 5.91 Å². The first kappa shape index (κ1) is 20.9. The van der Waals surface area contributed by atoms with Crippen molar-refractivity contribution in [3.05, 3.63) is 83.3 Å². The van der Waals surface area contributed by atoms with E-state index in [1.165, 1.54) is 23.8 Å². The van der Waals surface area contributed by atoms with Gasteiger partial charge in [-0.3, -0.25) is 4.79 Å². The van der Waals surface area contributed by atoms with Crippen LogP contribution < -0.4 is 16.4 Å². The van der Waals surface area contributed by atoms with E-state index < -0.39 is 0 Å². The molecule has 29 heavy (non-hydrogen) atoms. The SMILES string of the molecule is I.NC(=NCc1cccc(NC(=O)c2ccco2)c1)Nc1ccc2c(c1)CCC2. The molecule has 6 nitrogen and oxygen atoms in total. The van der Waals surface area contributed by atoms with Crippen molar-refractivity contribution >= 4 is 47.2 Å². The summed E-state index contributed by atoms with van der Waals surface area (Å²) in [6.45, 7) is 0.411. The summed E-state index contributed by atoms with van der Waals surface area (Å²) in [4.78, 5) is 16.5. The van der Waals surface area contributed by atoms with Gasteiger partial charge in [-0.15, -0.1) is 24.0 Å². The van der Waals surface area contributed by atoms with Crippen molar-refractivity contribution in [2.24, 2.45) is 10.7 Å². The predicted molar refractivity (Wildman–Crippen MR) is 126 cm³/mol. The average Bonchev–Trinajstić information content (AvgIpc) is 3.38. The highest BCUT2D eigenvalue weighted by atomic mass is 127. The maximum atomic E-state index is 12.1. The van der Waals surface area contributed by atoms with Gasteiger partial charge in [0, 0.05) is 11.4 Å². The Kier molecular flexibility index (Phi) is 6.92. The molecule has 1 heterocycles.